The van der Waals surface area contributed by atoms with Crippen LogP contribution in [0.1, 0.15) is 43.0 Å². The van der Waals surface area contributed by atoms with Crippen LogP contribution in [0.3, 0.4) is 0 Å². The smallest absolute Gasteiger partial charge is 0.159 e. The van der Waals surface area contributed by atoms with E-state index in [1.807, 2.05) is 24.3 Å². The van der Waals surface area contributed by atoms with Gasteiger partial charge in [-0.25, -0.2) is 0 Å². The Labute approximate surface area is 102 Å². The van der Waals surface area contributed by atoms with Gasteiger partial charge in [-0.3, -0.25) is 4.79 Å². The van der Waals surface area contributed by atoms with Crippen LogP contribution in [-0.2, 0) is 0 Å². The minimum Gasteiger partial charge on any atom is -0.490 e. The van der Waals surface area contributed by atoms with Gasteiger partial charge in [-0.2, -0.15) is 0 Å². The molecule has 0 spiro atoms. The number of hydrogen-bond acceptors (Lipinski definition) is 2. The molecule has 2 aliphatic carbocycles. The molecule has 0 N–H and O–H groups in total. The van der Waals surface area contributed by atoms with Gasteiger partial charge in [0.25, 0.3) is 0 Å². The molecule has 1 aromatic rings. The summed E-state index contributed by atoms with van der Waals surface area (Å²) < 4.78 is 6.03. The maximum Gasteiger partial charge on any atom is 0.159 e. The number of hydrogen-bond donors (Lipinski definition) is 0. The normalized spacial score (nSPS) is 30.5. The number of carbonyl (C=O) groups excluding carboxylic acids is 1. The molecular formula is C15H18O2. The molecule has 0 heterocycles. The molecule has 90 valence electrons. The molecule has 0 amide bonds. The summed E-state index contributed by atoms with van der Waals surface area (Å²) in [6.45, 7) is 1.59. The van der Waals surface area contributed by atoms with Crippen LogP contribution in [-0.4, -0.2) is 11.9 Å². The average Bonchev–Trinajstić information content (AvgIpc) is 2.91. The zero-order chi connectivity index (χ0) is 11.8. The number of rotatable bonds is 3. The van der Waals surface area contributed by atoms with Crippen LogP contribution in [0.5, 0.6) is 5.75 Å². The molecule has 1 aromatic carbocycles. The molecule has 2 aliphatic rings. The van der Waals surface area contributed by atoms with Crippen LogP contribution in [0.25, 0.3) is 0 Å². The van der Waals surface area contributed by atoms with Gasteiger partial charge in [0, 0.05) is 5.56 Å². The van der Waals surface area contributed by atoms with Crippen molar-refractivity contribution in [3.8, 4) is 5.75 Å². The quantitative estimate of drug-likeness (QED) is 0.743. The molecular weight excluding hydrogens is 212 g/mol. The second-order valence-corrected chi connectivity index (χ2v) is 5.41. The SMILES string of the molecule is CC(=O)c1ccc(OC2CC3CCC2C3)cc1. The predicted octanol–water partition coefficient (Wildman–Crippen LogP) is 3.46. The van der Waals surface area contributed by atoms with Crippen molar-refractivity contribution < 1.29 is 9.53 Å². The van der Waals surface area contributed by atoms with Crippen LogP contribution in [0.15, 0.2) is 24.3 Å². The lowest BCUT2D eigenvalue weighted by Gasteiger charge is -2.23. The third-order valence-corrected chi connectivity index (χ3v) is 4.22. The van der Waals surface area contributed by atoms with Crippen molar-refractivity contribution >= 4 is 5.78 Å². The maximum atomic E-state index is 11.2. The summed E-state index contributed by atoms with van der Waals surface area (Å²) in [5.74, 6) is 2.69. The Kier molecular flexibility index (Phi) is 2.65. The number of ether oxygens (including phenoxy) is 1. The molecule has 2 saturated carbocycles. The van der Waals surface area contributed by atoms with Gasteiger partial charge in [-0.05, 0) is 68.7 Å². The predicted molar refractivity (Wildman–Crippen MR) is 66.3 cm³/mol. The number of carbonyl (C=O) groups is 1. The van der Waals surface area contributed by atoms with E-state index in [2.05, 4.69) is 0 Å². The Hall–Kier alpha value is -1.31. The van der Waals surface area contributed by atoms with Gasteiger partial charge in [0.1, 0.15) is 11.9 Å². The Balaban J connectivity index is 1.67. The fourth-order valence-corrected chi connectivity index (χ4v) is 3.27. The highest BCUT2D eigenvalue weighted by Gasteiger charge is 2.40. The first-order valence-corrected chi connectivity index (χ1v) is 6.50. The second kappa shape index (κ2) is 4.17. The Morgan fingerprint density at radius 1 is 1.18 bits per heavy atom. The lowest BCUT2D eigenvalue weighted by molar-refractivity contribution is 0.101. The summed E-state index contributed by atoms with van der Waals surface area (Å²) in [4.78, 5) is 11.2. The molecule has 3 rings (SSSR count). The largest absolute Gasteiger partial charge is 0.490 e. The van der Waals surface area contributed by atoms with E-state index in [1.165, 1.54) is 25.7 Å². The number of benzene rings is 1. The zero-order valence-corrected chi connectivity index (χ0v) is 10.2. The Morgan fingerprint density at radius 2 is 1.94 bits per heavy atom. The molecule has 17 heavy (non-hydrogen) atoms. The number of fused-ring (bicyclic) bond motifs is 2. The molecule has 2 heteroatoms. The summed E-state index contributed by atoms with van der Waals surface area (Å²) in [5.41, 5.74) is 0.755. The van der Waals surface area contributed by atoms with Crippen LogP contribution in [0, 0.1) is 11.8 Å². The molecule has 3 unspecified atom stereocenters. The summed E-state index contributed by atoms with van der Waals surface area (Å²) >= 11 is 0. The topological polar surface area (TPSA) is 26.3 Å². The third-order valence-electron chi connectivity index (χ3n) is 4.22. The molecule has 3 atom stereocenters. The van der Waals surface area contributed by atoms with Crippen molar-refractivity contribution in [1.29, 1.82) is 0 Å². The first-order chi connectivity index (χ1) is 8.22. The van der Waals surface area contributed by atoms with E-state index in [4.69, 9.17) is 4.74 Å². The summed E-state index contributed by atoms with van der Waals surface area (Å²) in [6.07, 6.45) is 5.72. The van der Waals surface area contributed by atoms with Gasteiger partial charge in [0.05, 0.1) is 0 Å². The minimum atomic E-state index is 0.108. The van der Waals surface area contributed by atoms with E-state index >= 15 is 0 Å². The number of Topliss-reactive ketones (excluding diaryl/α,β-unsaturated/α-hetero) is 1. The van der Waals surface area contributed by atoms with Gasteiger partial charge in [-0.1, -0.05) is 0 Å². The van der Waals surface area contributed by atoms with E-state index < -0.39 is 0 Å². The first kappa shape index (κ1) is 10.8. The third kappa shape index (κ3) is 2.08. The van der Waals surface area contributed by atoms with Crippen molar-refractivity contribution in [1.82, 2.24) is 0 Å². The molecule has 0 radical (unpaired) electrons. The van der Waals surface area contributed by atoms with Gasteiger partial charge in [0.15, 0.2) is 5.78 Å². The van der Waals surface area contributed by atoms with E-state index in [0.29, 0.717) is 6.10 Å². The lowest BCUT2D eigenvalue weighted by atomic mass is 9.98. The van der Waals surface area contributed by atoms with Crippen LogP contribution < -0.4 is 4.74 Å². The van der Waals surface area contributed by atoms with E-state index in [0.717, 1.165) is 23.1 Å². The fraction of sp³-hybridized carbons (Fsp3) is 0.533. The van der Waals surface area contributed by atoms with Crippen LogP contribution >= 0.6 is 0 Å². The van der Waals surface area contributed by atoms with Crippen molar-refractivity contribution in [3.05, 3.63) is 29.8 Å². The van der Waals surface area contributed by atoms with E-state index in [9.17, 15) is 4.79 Å². The van der Waals surface area contributed by atoms with Gasteiger partial charge < -0.3 is 4.74 Å². The van der Waals surface area contributed by atoms with Crippen molar-refractivity contribution in [3.63, 3.8) is 0 Å². The van der Waals surface area contributed by atoms with Crippen molar-refractivity contribution in [2.45, 2.75) is 38.7 Å². The average molecular weight is 230 g/mol. The van der Waals surface area contributed by atoms with Gasteiger partial charge >= 0.3 is 0 Å². The fourth-order valence-electron chi connectivity index (χ4n) is 3.27. The van der Waals surface area contributed by atoms with Crippen LogP contribution in [0.2, 0.25) is 0 Å². The molecule has 2 bridgehead atoms. The monoisotopic (exact) mass is 230 g/mol. The highest BCUT2D eigenvalue weighted by molar-refractivity contribution is 5.94. The van der Waals surface area contributed by atoms with E-state index in [1.54, 1.807) is 6.92 Å². The first-order valence-electron chi connectivity index (χ1n) is 6.50. The maximum absolute atomic E-state index is 11.2. The molecule has 2 fully saturated rings. The van der Waals surface area contributed by atoms with Gasteiger partial charge in [0.2, 0.25) is 0 Å². The zero-order valence-electron chi connectivity index (χ0n) is 10.2. The minimum absolute atomic E-state index is 0.108. The highest BCUT2D eigenvalue weighted by atomic mass is 16.5. The standard InChI is InChI=1S/C15H18O2/c1-10(16)12-4-6-14(7-5-12)17-15-9-11-2-3-13(15)8-11/h4-7,11,13,15H,2-3,8-9H2,1H3. The Morgan fingerprint density at radius 3 is 2.47 bits per heavy atom. The summed E-state index contributed by atoms with van der Waals surface area (Å²) in [6, 6.07) is 7.54. The molecule has 0 saturated heterocycles. The second-order valence-electron chi connectivity index (χ2n) is 5.41. The van der Waals surface area contributed by atoms with Crippen LogP contribution in [0.4, 0.5) is 0 Å². The summed E-state index contributed by atoms with van der Waals surface area (Å²) in [5, 5.41) is 0. The van der Waals surface area contributed by atoms with Gasteiger partial charge in [-0.15, -0.1) is 0 Å². The molecule has 2 nitrogen and oxygen atoms in total. The Bertz CT molecular complexity index is 421. The molecule has 0 aliphatic heterocycles. The van der Waals surface area contributed by atoms with Crippen molar-refractivity contribution in [2.24, 2.45) is 11.8 Å². The number of ketones is 1. The lowest BCUT2D eigenvalue weighted by Crippen LogP contribution is -2.23. The van der Waals surface area contributed by atoms with Crippen molar-refractivity contribution in [2.75, 3.05) is 0 Å². The highest BCUT2D eigenvalue weighted by Crippen LogP contribution is 2.45. The summed E-state index contributed by atoms with van der Waals surface area (Å²) in [7, 11) is 0. The van der Waals surface area contributed by atoms with E-state index in [-0.39, 0.29) is 5.78 Å². The molecule has 0 aromatic heterocycles.